The van der Waals surface area contributed by atoms with Gasteiger partial charge in [-0.2, -0.15) is 0 Å². The third-order valence-electron chi connectivity index (χ3n) is 4.36. The van der Waals surface area contributed by atoms with Crippen LogP contribution in [-0.4, -0.2) is 52.6 Å². The highest BCUT2D eigenvalue weighted by Gasteiger charge is 2.21. The summed E-state index contributed by atoms with van der Waals surface area (Å²) in [4.78, 5) is 30.3. The molecular formula is C20H27FN4O2S. The number of hydrogen-bond donors (Lipinski definition) is 0. The first-order chi connectivity index (χ1) is 13.6. The molecule has 0 unspecified atom stereocenters. The summed E-state index contributed by atoms with van der Waals surface area (Å²) < 4.78 is 17.0. The summed E-state index contributed by atoms with van der Waals surface area (Å²) in [5.41, 5.74) is 1.02. The Hall–Kier alpha value is -2.19. The third kappa shape index (κ3) is 5.42. The lowest BCUT2D eigenvalue weighted by Gasteiger charge is -2.33. The van der Waals surface area contributed by atoms with Crippen molar-refractivity contribution >= 4 is 24.1 Å². The van der Waals surface area contributed by atoms with E-state index in [9.17, 15) is 14.0 Å². The molecule has 0 aliphatic carbocycles. The summed E-state index contributed by atoms with van der Waals surface area (Å²) in [5.74, 6) is 0.0314. The Bertz CT molecular complexity index is 818. The van der Waals surface area contributed by atoms with Gasteiger partial charge in [-0.1, -0.05) is 25.8 Å². The third-order valence-corrected chi connectivity index (χ3v) is 5.24. The maximum absolute atomic E-state index is 13.2. The fraction of sp³-hybridized carbons (Fsp3) is 0.450. The molecule has 0 amide bonds. The summed E-state index contributed by atoms with van der Waals surface area (Å²) in [6.07, 6.45) is 5.32. The number of aryl methyl sites for hydroxylation is 1. The van der Waals surface area contributed by atoms with E-state index in [1.807, 2.05) is 25.0 Å². The van der Waals surface area contributed by atoms with Crippen LogP contribution >= 0.6 is 11.9 Å². The van der Waals surface area contributed by atoms with Crippen LogP contribution in [0, 0.1) is 5.82 Å². The maximum atomic E-state index is 13.2. The van der Waals surface area contributed by atoms with Crippen LogP contribution in [0.1, 0.15) is 26.0 Å². The Morgan fingerprint density at radius 3 is 2.36 bits per heavy atom. The number of halogens is 1. The number of carbonyl (C=O) groups is 1. The van der Waals surface area contributed by atoms with E-state index in [0.717, 1.165) is 19.4 Å². The molecule has 1 saturated heterocycles. The Kier molecular flexibility index (Phi) is 8.66. The summed E-state index contributed by atoms with van der Waals surface area (Å²) in [6.45, 7) is 7.11. The molecular weight excluding hydrogens is 379 g/mol. The van der Waals surface area contributed by atoms with Crippen molar-refractivity contribution in [2.45, 2.75) is 26.7 Å². The van der Waals surface area contributed by atoms with E-state index in [4.69, 9.17) is 0 Å². The van der Waals surface area contributed by atoms with Gasteiger partial charge in [0.1, 0.15) is 12.1 Å². The van der Waals surface area contributed by atoms with Gasteiger partial charge in [-0.3, -0.25) is 9.36 Å². The van der Waals surface area contributed by atoms with Crippen LogP contribution in [0.15, 0.2) is 35.3 Å². The van der Waals surface area contributed by atoms with Gasteiger partial charge in [0.05, 0.1) is 5.69 Å². The summed E-state index contributed by atoms with van der Waals surface area (Å²) in [6, 6.07) is 5.78. The van der Waals surface area contributed by atoms with E-state index in [1.54, 1.807) is 30.3 Å². The van der Waals surface area contributed by atoms with Gasteiger partial charge < -0.3 is 9.69 Å². The molecule has 152 valence electrons. The minimum Gasteiger partial charge on any atom is -0.349 e. The van der Waals surface area contributed by atoms with Crippen LogP contribution in [-0.2, 0) is 11.2 Å². The number of hydrogen-bond acceptors (Lipinski definition) is 6. The highest BCUT2D eigenvalue weighted by atomic mass is 32.2. The van der Waals surface area contributed by atoms with Crippen molar-refractivity contribution < 1.29 is 9.18 Å². The second kappa shape index (κ2) is 11.0. The molecule has 8 heteroatoms. The van der Waals surface area contributed by atoms with Crippen LogP contribution in [0.25, 0.3) is 5.69 Å². The van der Waals surface area contributed by atoms with Crippen molar-refractivity contribution in [3.8, 4) is 5.69 Å². The summed E-state index contributed by atoms with van der Waals surface area (Å²) in [5, 5.41) is 0. The van der Waals surface area contributed by atoms with Gasteiger partial charge in [-0.15, -0.1) is 0 Å². The van der Waals surface area contributed by atoms with E-state index < -0.39 is 0 Å². The lowest BCUT2D eigenvalue weighted by Crippen LogP contribution is -2.46. The molecule has 0 radical (unpaired) electrons. The van der Waals surface area contributed by atoms with Crippen molar-refractivity contribution in [3.63, 3.8) is 0 Å². The number of rotatable bonds is 6. The maximum Gasteiger partial charge on any atom is 0.298 e. The molecule has 28 heavy (non-hydrogen) atoms. The SMILES string of the molecule is CC.CSN1CCN(c2nc(CCC=O)cn(-c3ccc(F)cc3)c2=O)CC1. The number of piperazine rings is 1. The minimum atomic E-state index is -0.356. The number of nitrogens with zero attached hydrogens (tertiary/aromatic N) is 4. The van der Waals surface area contributed by atoms with Crippen LogP contribution < -0.4 is 10.5 Å². The standard InChI is InChI=1S/C18H21FN4O2S.C2H6/c1-26-22-10-8-21(9-11-22)17-18(25)23(13-15(20-17)3-2-12-24)16-6-4-14(19)5-7-16;1-2/h4-7,12-13H,2-3,8-11H2,1H3;1-2H3. The molecule has 1 aliphatic heterocycles. The highest BCUT2D eigenvalue weighted by Crippen LogP contribution is 2.16. The van der Waals surface area contributed by atoms with Gasteiger partial charge in [-0.05, 0) is 36.9 Å². The van der Waals surface area contributed by atoms with Crippen LogP contribution in [0.2, 0.25) is 0 Å². The number of aldehydes is 1. The van der Waals surface area contributed by atoms with E-state index in [2.05, 4.69) is 9.29 Å². The minimum absolute atomic E-state index is 0.232. The van der Waals surface area contributed by atoms with Crippen molar-refractivity contribution in [2.24, 2.45) is 0 Å². The molecule has 0 saturated carbocycles. The van der Waals surface area contributed by atoms with Crippen LogP contribution in [0.5, 0.6) is 0 Å². The Balaban J connectivity index is 0.00000136. The zero-order valence-corrected chi connectivity index (χ0v) is 17.4. The van der Waals surface area contributed by atoms with Gasteiger partial charge in [0.15, 0.2) is 5.82 Å². The lowest BCUT2D eigenvalue weighted by atomic mass is 10.2. The van der Waals surface area contributed by atoms with E-state index in [1.165, 1.54) is 16.7 Å². The Morgan fingerprint density at radius 2 is 1.79 bits per heavy atom. The summed E-state index contributed by atoms with van der Waals surface area (Å²) >= 11 is 1.69. The van der Waals surface area contributed by atoms with Gasteiger partial charge in [-0.25, -0.2) is 13.7 Å². The quantitative estimate of drug-likeness (QED) is 0.543. The average molecular weight is 407 g/mol. The van der Waals surface area contributed by atoms with Gasteiger partial charge in [0.25, 0.3) is 5.56 Å². The molecule has 0 atom stereocenters. The molecule has 2 heterocycles. The van der Waals surface area contributed by atoms with Gasteiger partial charge in [0, 0.05) is 44.5 Å². The predicted molar refractivity (Wildman–Crippen MR) is 113 cm³/mol. The van der Waals surface area contributed by atoms with E-state index in [-0.39, 0.29) is 11.4 Å². The zero-order chi connectivity index (χ0) is 20.5. The molecule has 1 aromatic heterocycles. The van der Waals surface area contributed by atoms with Crippen LogP contribution in [0.3, 0.4) is 0 Å². The molecule has 0 N–H and O–H groups in total. The first kappa shape index (κ1) is 22.1. The molecule has 0 spiro atoms. The number of carbonyl (C=O) groups excluding carboxylic acids is 1. The summed E-state index contributed by atoms with van der Waals surface area (Å²) in [7, 11) is 0. The second-order valence-corrected chi connectivity index (χ2v) is 6.89. The average Bonchev–Trinajstić information content (AvgIpc) is 2.75. The fourth-order valence-electron chi connectivity index (χ4n) is 2.94. The topological polar surface area (TPSA) is 58.4 Å². The lowest BCUT2D eigenvalue weighted by molar-refractivity contribution is -0.107. The highest BCUT2D eigenvalue weighted by molar-refractivity contribution is 7.96. The van der Waals surface area contributed by atoms with Gasteiger partial charge >= 0.3 is 0 Å². The zero-order valence-electron chi connectivity index (χ0n) is 16.6. The molecule has 6 nitrogen and oxygen atoms in total. The smallest absolute Gasteiger partial charge is 0.298 e. The normalized spacial score (nSPS) is 14.4. The fourth-order valence-corrected chi connectivity index (χ4v) is 3.47. The van der Waals surface area contributed by atoms with Crippen molar-refractivity contribution in [3.05, 3.63) is 52.3 Å². The molecule has 1 aliphatic rings. The second-order valence-electron chi connectivity index (χ2n) is 6.01. The Labute approximate surface area is 169 Å². The Morgan fingerprint density at radius 1 is 1.14 bits per heavy atom. The molecule has 1 aromatic carbocycles. The first-order valence-electron chi connectivity index (χ1n) is 9.48. The van der Waals surface area contributed by atoms with Crippen molar-refractivity contribution in [1.82, 2.24) is 13.9 Å². The van der Waals surface area contributed by atoms with Gasteiger partial charge in [0.2, 0.25) is 0 Å². The van der Waals surface area contributed by atoms with E-state index in [0.29, 0.717) is 43.1 Å². The van der Waals surface area contributed by atoms with Crippen molar-refractivity contribution in [2.75, 3.05) is 37.3 Å². The number of benzene rings is 1. The molecule has 2 aromatic rings. The predicted octanol–water partition coefficient (Wildman–Crippen LogP) is 2.93. The monoisotopic (exact) mass is 406 g/mol. The van der Waals surface area contributed by atoms with Crippen LogP contribution in [0.4, 0.5) is 10.2 Å². The number of anilines is 1. The largest absolute Gasteiger partial charge is 0.349 e. The number of aromatic nitrogens is 2. The molecule has 1 fully saturated rings. The molecule has 3 rings (SSSR count). The van der Waals surface area contributed by atoms with Crippen molar-refractivity contribution in [1.29, 1.82) is 0 Å². The van der Waals surface area contributed by atoms with E-state index >= 15 is 0 Å². The first-order valence-corrected chi connectivity index (χ1v) is 10.7. The molecule has 0 bridgehead atoms.